The van der Waals surface area contributed by atoms with Crippen molar-refractivity contribution >= 4 is 34.1 Å². The van der Waals surface area contributed by atoms with Gasteiger partial charge >= 0.3 is 0 Å². The van der Waals surface area contributed by atoms with Gasteiger partial charge in [-0.15, -0.1) is 10.2 Å². The summed E-state index contributed by atoms with van der Waals surface area (Å²) in [6.07, 6.45) is 4.10. The molecular weight excluding hydrogens is 320 g/mol. The molecule has 1 aromatic heterocycles. The van der Waals surface area contributed by atoms with Crippen molar-refractivity contribution in [3.05, 3.63) is 48.8 Å². The average Bonchev–Trinajstić information content (AvgIpc) is 3.34. The van der Waals surface area contributed by atoms with E-state index < -0.39 is 0 Å². The third-order valence-electron chi connectivity index (χ3n) is 4.15. The maximum Gasteiger partial charge on any atom is 0.237 e. The number of thioether (sulfide) groups is 1. The highest BCUT2D eigenvalue weighted by Gasteiger charge is 2.27. The third kappa shape index (κ3) is 3.14. The molecule has 6 heteroatoms. The number of amides is 1. The molecule has 1 heterocycles. The van der Waals surface area contributed by atoms with Gasteiger partial charge in [-0.25, -0.2) is 0 Å². The number of hydrogen-bond acceptors (Lipinski definition) is 4. The van der Waals surface area contributed by atoms with Gasteiger partial charge in [0, 0.05) is 11.7 Å². The molecule has 0 aliphatic heterocycles. The number of aromatic nitrogens is 3. The van der Waals surface area contributed by atoms with Gasteiger partial charge in [-0.05, 0) is 42.7 Å². The molecule has 0 saturated heterocycles. The number of anilines is 1. The van der Waals surface area contributed by atoms with Crippen molar-refractivity contribution in [3.63, 3.8) is 0 Å². The van der Waals surface area contributed by atoms with Crippen LogP contribution in [0.25, 0.3) is 10.8 Å². The van der Waals surface area contributed by atoms with Crippen LogP contribution in [0.1, 0.15) is 25.8 Å². The van der Waals surface area contributed by atoms with Crippen molar-refractivity contribution in [3.8, 4) is 0 Å². The smallest absolute Gasteiger partial charge is 0.237 e. The van der Waals surface area contributed by atoms with Crippen molar-refractivity contribution in [1.29, 1.82) is 0 Å². The molecule has 122 valence electrons. The van der Waals surface area contributed by atoms with Crippen molar-refractivity contribution in [2.24, 2.45) is 0 Å². The molecule has 1 aliphatic carbocycles. The van der Waals surface area contributed by atoms with Crippen LogP contribution in [0.15, 0.2) is 53.9 Å². The number of nitrogens with one attached hydrogen (secondary N) is 1. The number of carbonyl (C=O) groups is 1. The van der Waals surface area contributed by atoms with Gasteiger partial charge in [0.15, 0.2) is 5.16 Å². The molecule has 1 atom stereocenters. The zero-order valence-electron chi connectivity index (χ0n) is 13.3. The van der Waals surface area contributed by atoms with Gasteiger partial charge in [0.2, 0.25) is 5.91 Å². The number of carbonyl (C=O) groups excluding carboxylic acids is 1. The van der Waals surface area contributed by atoms with Crippen LogP contribution in [0.5, 0.6) is 0 Å². The normalized spacial score (nSPS) is 15.4. The standard InChI is InChI=1S/C18H18N4OS/c1-12(24-18-21-19-11-22(18)16-8-9-16)17(23)20-15-7-6-13-4-2-3-5-14(13)10-15/h2-7,10-12,16H,8-9H2,1H3,(H,20,23). The zero-order valence-corrected chi connectivity index (χ0v) is 14.2. The van der Waals surface area contributed by atoms with E-state index >= 15 is 0 Å². The fourth-order valence-corrected chi connectivity index (χ4v) is 3.54. The Balaban J connectivity index is 1.45. The Morgan fingerprint density at radius 3 is 2.83 bits per heavy atom. The van der Waals surface area contributed by atoms with Gasteiger partial charge in [-0.1, -0.05) is 42.1 Å². The summed E-state index contributed by atoms with van der Waals surface area (Å²) in [5.74, 6) is -0.0272. The molecule has 1 saturated carbocycles. The second-order valence-electron chi connectivity index (χ2n) is 6.06. The van der Waals surface area contributed by atoms with Crippen LogP contribution in [-0.2, 0) is 4.79 Å². The fourth-order valence-electron chi connectivity index (χ4n) is 2.64. The number of nitrogens with zero attached hydrogens (tertiary/aromatic N) is 3. The van der Waals surface area contributed by atoms with Crippen LogP contribution in [0.4, 0.5) is 5.69 Å². The van der Waals surface area contributed by atoms with Crippen LogP contribution in [0.2, 0.25) is 0 Å². The van der Waals surface area contributed by atoms with E-state index in [0.717, 1.165) is 21.6 Å². The fraction of sp³-hybridized carbons (Fsp3) is 0.278. The lowest BCUT2D eigenvalue weighted by Crippen LogP contribution is -2.22. The molecule has 2 aromatic carbocycles. The zero-order chi connectivity index (χ0) is 16.5. The largest absolute Gasteiger partial charge is 0.325 e. The first-order valence-corrected chi connectivity index (χ1v) is 8.94. The predicted molar refractivity (Wildman–Crippen MR) is 96.2 cm³/mol. The molecule has 1 amide bonds. The summed E-state index contributed by atoms with van der Waals surface area (Å²) in [5.41, 5.74) is 0.815. The van der Waals surface area contributed by atoms with E-state index in [1.165, 1.54) is 24.6 Å². The number of benzene rings is 2. The van der Waals surface area contributed by atoms with E-state index in [1.807, 2.05) is 43.3 Å². The van der Waals surface area contributed by atoms with E-state index in [4.69, 9.17) is 0 Å². The minimum atomic E-state index is -0.238. The Morgan fingerprint density at radius 2 is 2.04 bits per heavy atom. The quantitative estimate of drug-likeness (QED) is 0.717. The molecule has 3 aromatic rings. The molecule has 5 nitrogen and oxygen atoms in total. The maximum absolute atomic E-state index is 12.5. The molecule has 1 unspecified atom stereocenters. The van der Waals surface area contributed by atoms with Gasteiger partial charge < -0.3 is 9.88 Å². The summed E-state index contributed by atoms with van der Waals surface area (Å²) in [5, 5.41) is 14.0. The second kappa shape index (κ2) is 6.28. The summed E-state index contributed by atoms with van der Waals surface area (Å²) >= 11 is 1.45. The Bertz CT molecular complexity index is 887. The highest BCUT2D eigenvalue weighted by Crippen LogP contribution is 2.38. The predicted octanol–water partition coefficient (Wildman–Crippen LogP) is 3.89. The van der Waals surface area contributed by atoms with Gasteiger partial charge in [-0.3, -0.25) is 4.79 Å². The molecule has 4 rings (SSSR count). The van der Waals surface area contributed by atoms with Gasteiger partial charge in [0.05, 0.1) is 5.25 Å². The van der Waals surface area contributed by atoms with Crippen LogP contribution in [-0.4, -0.2) is 25.9 Å². The molecule has 0 bridgehead atoms. The molecular formula is C18H18N4OS. The SMILES string of the molecule is CC(Sc1nncn1C1CC1)C(=O)Nc1ccc2ccccc2c1. The molecule has 0 radical (unpaired) electrons. The molecule has 1 N–H and O–H groups in total. The molecule has 1 fully saturated rings. The van der Waals surface area contributed by atoms with Crippen molar-refractivity contribution in [2.75, 3.05) is 5.32 Å². The van der Waals surface area contributed by atoms with Crippen molar-refractivity contribution in [1.82, 2.24) is 14.8 Å². The monoisotopic (exact) mass is 338 g/mol. The summed E-state index contributed by atoms with van der Waals surface area (Å²) in [6.45, 7) is 1.90. The molecule has 1 aliphatic rings. The van der Waals surface area contributed by atoms with Gasteiger partial charge in [-0.2, -0.15) is 0 Å². The number of rotatable bonds is 5. The summed E-state index contributed by atoms with van der Waals surface area (Å²) in [4.78, 5) is 12.5. The van der Waals surface area contributed by atoms with E-state index in [0.29, 0.717) is 6.04 Å². The van der Waals surface area contributed by atoms with Crippen molar-refractivity contribution < 1.29 is 4.79 Å². The van der Waals surface area contributed by atoms with Crippen LogP contribution in [0, 0.1) is 0 Å². The minimum Gasteiger partial charge on any atom is -0.325 e. The Hall–Kier alpha value is -2.34. The lowest BCUT2D eigenvalue weighted by Gasteiger charge is -2.12. The Morgan fingerprint density at radius 1 is 1.25 bits per heavy atom. The third-order valence-corrected chi connectivity index (χ3v) is 5.22. The molecule has 0 spiro atoms. The minimum absolute atomic E-state index is 0.0272. The average molecular weight is 338 g/mol. The Kier molecular flexibility index (Phi) is 3.98. The Labute approximate surface area is 144 Å². The van der Waals surface area contributed by atoms with Crippen LogP contribution in [0.3, 0.4) is 0 Å². The lowest BCUT2D eigenvalue weighted by atomic mass is 10.1. The summed E-state index contributed by atoms with van der Waals surface area (Å²) in [7, 11) is 0. The van der Waals surface area contributed by atoms with E-state index in [-0.39, 0.29) is 11.2 Å². The van der Waals surface area contributed by atoms with E-state index in [2.05, 4.69) is 26.1 Å². The molecule has 24 heavy (non-hydrogen) atoms. The maximum atomic E-state index is 12.5. The van der Waals surface area contributed by atoms with Crippen LogP contribution >= 0.6 is 11.8 Å². The van der Waals surface area contributed by atoms with Gasteiger partial charge in [0.25, 0.3) is 0 Å². The topological polar surface area (TPSA) is 59.8 Å². The first-order chi connectivity index (χ1) is 11.7. The number of fused-ring (bicyclic) bond motifs is 1. The highest BCUT2D eigenvalue weighted by molar-refractivity contribution is 8.00. The second-order valence-corrected chi connectivity index (χ2v) is 7.37. The highest BCUT2D eigenvalue weighted by atomic mass is 32.2. The number of hydrogen-bond donors (Lipinski definition) is 1. The first kappa shape index (κ1) is 15.2. The van der Waals surface area contributed by atoms with Crippen molar-refractivity contribution in [2.45, 2.75) is 36.2 Å². The first-order valence-electron chi connectivity index (χ1n) is 8.06. The van der Waals surface area contributed by atoms with Crippen LogP contribution < -0.4 is 5.32 Å². The van der Waals surface area contributed by atoms with Gasteiger partial charge in [0.1, 0.15) is 6.33 Å². The summed E-state index contributed by atoms with van der Waals surface area (Å²) in [6, 6.07) is 14.6. The van der Waals surface area contributed by atoms with E-state index in [1.54, 1.807) is 6.33 Å². The van der Waals surface area contributed by atoms with E-state index in [9.17, 15) is 4.79 Å². The lowest BCUT2D eigenvalue weighted by molar-refractivity contribution is -0.115. The summed E-state index contributed by atoms with van der Waals surface area (Å²) < 4.78 is 2.07.